The summed E-state index contributed by atoms with van der Waals surface area (Å²) in [6.07, 6.45) is 0. The predicted octanol–water partition coefficient (Wildman–Crippen LogP) is 3.10. The van der Waals surface area contributed by atoms with Gasteiger partial charge in [-0.3, -0.25) is 9.59 Å². The first-order valence-corrected chi connectivity index (χ1v) is 7.63. The molecule has 0 N–H and O–H groups in total. The lowest BCUT2D eigenvalue weighted by Gasteiger charge is -2.27. The molecule has 2 aromatic carbocycles. The highest BCUT2D eigenvalue weighted by Crippen LogP contribution is 2.32. The molecule has 0 fully saturated rings. The van der Waals surface area contributed by atoms with Crippen molar-refractivity contribution in [1.82, 2.24) is 4.98 Å². The Morgan fingerprint density at radius 3 is 2.00 bits per heavy atom. The number of hydrogen-bond acceptors (Lipinski definition) is 4. The Labute approximate surface area is 139 Å². The van der Waals surface area contributed by atoms with Crippen LogP contribution in [0.3, 0.4) is 0 Å². The fraction of sp³-hybridized carbons (Fsp3) is 0.105. The number of benzene rings is 2. The van der Waals surface area contributed by atoms with Crippen LogP contribution in [-0.2, 0) is 0 Å². The van der Waals surface area contributed by atoms with Crippen LogP contribution >= 0.6 is 0 Å². The van der Waals surface area contributed by atoms with Crippen LogP contribution < -0.4 is 9.80 Å². The molecule has 2 amide bonds. The van der Waals surface area contributed by atoms with Gasteiger partial charge in [0.25, 0.3) is 11.8 Å². The number of carbonyl (C=O) groups is 2. The minimum Gasteiger partial charge on any atom is -0.363 e. The summed E-state index contributed by atoms with van der Waals surface area (Å²) in [5, 5.41) is 1.61. The minimum absolute atomic E-state index is 0.336. The van der Waals surface area contributed by atoms with E-state index in [-0.39, 0.29) is 11.8 Å². The van der Waals surface area contributed by atoms with Gasteiger partial charge in [-0.1, -0.05) is 30.3 Å². The molecular weight excluding hydrogens is 302 g/mol. The van der Waals surface area contributed by atoms with Crippen LogP contribution in [0.1, 0.15) is 20.7 Å². The average Bonchev–Trinajstić information content (AvgIpc) is 2.60. The molecule has 0 unspecified atom stereocenters. The molecule has 2 heterocycles. The van der Waals surface area contributed by atoms with Gasteiger partial charge in [0.05, 0.1) is 0 Å². The predicted molar refractivity (Wildman–Crippen MR) is 93.7 cm³/mol. The fourth-order valence-corrected chi connectivity index (χ4v) is 3.02. The highest BCUT2D eigenvalue weighted by atomic mass is 16.2. The summed E-state index contributed by atoms with van der Waals surface area (Å²) in [6, 6.07) is 16.3. The van der Waals surface area contributed by atoms with E-state index in [4.69, 9.17) is 0 Å². The third-order valence-corrected chi connectivity index (χ3v) is 4.18. The molecule has 24 heavy (non-hydrogen) atoms. The highest BCUT2D eigenvalue weighted by molar-refractivity contribution is 6.35. The molecule has 1 aliphatic rings. The number of nitrogens with zero attached hydrogens (tertiary/aromatic N) is 3. The summed E-state index contributed by atoms with van der Waals surface area (Å²) < 4.78 is 0. The van der Waals surface area contributed by atoms with E-state index in [1.165, 1.54) is 0 Å². The average molecular weight is 317 g/mol. The fourth-order valence-electron chi connectivity index (χ4n) is 3.02. The van der Waals surface area contributed by atoms with Crippen molar-refractivity contribution < 1.29 is 9.59 Å². The van der Waals surface area contributed by atoms with Gasteiger partial charge < -0.3 is 4.90 Å². The molecule has 118 valence electrons. The molecule has 0 bridgehead atoms. The number of hydrogen-bond donors (Lipinski definition) is 0. The quantitative estimate of drug-likeness (QED) is 0.682. The van der Waals surface area contributed by atoms with Gasteiger partial charge in [-0.15, -0.1) is 0 Å². The normalized spacial score (nSPS) is 13.5. The van der Waals surface area contributed by atoms with Crippen molar-refractivity contribution in [2.45, 2.75) is 0 Å². The van der Waals surface area contributed by atoms with Gasteiger partial charge in [0, 0.05) is 30.6 Å². The molecule has 1 aliphatic heterocycles. The van der Waals surface area contributed by atoms with Gasteiger partial charge in [0.2, 0.25) is 0 Å². The first-order chi connectivity index (χ1) is 11.6. The molecule has 0 spiro atoms. The Hall–Kier alpha value is -3.21. The summed E-state index contributed by atoms with van der Waals surface area (Å²) in [5.41, 5.74) is 1.06. The van der Waals surface area contributed by atoms with Crippen molar-refractivity contribution in [3.05, 3.63) is 65.7 Å². The zero-order valence-electron chi connectivity index (χ0n) is 13.4. The maximum atomic E-state index is 12.9. The second-order valence-electron chi connectivity index (χ2n) is 5.90. The molecule has 3 aromatic rings. The summed E-state index contributed by atoms with van der Waals surface area (Å²) in [4.78, 5) is 33.3. The molecule has 0 saturated carbocycles. The Bertz CT molecular complexity index is 944. The SMILES string of the molecule is CN(C)c1cccc(N2C(=O)c3cccc4cccc(c34)C2=O)n1. The van der Waals surface area contributed by atoms with E-state index in [1.54, 1.807) is 24.3 Å². The van der Waals surface area contributed by atoms with Crippen LogP contribution in [0.25, 0.3) is 10.8 Å². The smallest absolute Gasteiger partial charge is 0.267 e. The first kappa shape index (κ1) is 14.4. The molecule has 0 radical (unpaired) electrons. The van der Waals surface area contributed by atoms with Gasteiger partial charge in [-0.25, -0.2) is 9.88 Å². The van der Waals surface area contributed by atoms with Crippen molar-refractivity contribution >= 4 is 34.2 Å². The maximum absolute atomic E-state index is 12.9. The van der Waals surface area contributed by atoms with Crippen molar-refractivity contribution in [1.29, 1.82) is 0 Å². The van der Waals surface area contributed by atoms with E-state index in [9.17, 15) is 9.59 Å². The second kappa shape index (κ2) is 5.16. The lowest BCUT2D eigenvalue weighted by Crippen LogP contribution is -2.41. The van der Waals surface area contributed by atoms with Crippen molar-refractivity contribution in [3.8, 4) is 0 Å². The lowest BCUT2D eigenvalue weighted by molar-refractivity contribution is 0.0892. The van der Waals surface area contributed by atoms with E-state index in [1.807, 2.05) is 49.3 Å². The topological polar surface area (TPSA) is 53.5 Å². The number of carbonyl (C=O) groups excluding carboxylic acids is 2. The molecule has 5 heteroatoms. The molecule has 4 rings (SSSR count). The lowest BCUT2D eigenvalue weighted by atomic mass is 9.94. The summed E-state index contributed by atoms with van der Waals surface area (Å²) in [7, 11) is 3.73. The molecule has 5 nitrogen and oxygen atoms in total. The number of amides is 2. The number of aromatic nitrogens is 1. The highest BCUT2D eigenvalue weighted by Gasteiger charge is 2.34. The van der Waals surface area contributed by atoms with Crippen LogP contribution in [0.5, 0.6) is 0 Å². The molecule has 1 aromatic heterocycles. The Morgan fingerprint density at radius 1 is 0.833 bits per heavy atom. The Morgan fingerprint density at radius 2 is 1.42 bits per heavy atom. The van der Waals surface area contributed by atoms with Crippen LogP contribution in [0.2, 0.25) is 0 Å². The monoisotopic (exact) mass is 317 g/mol. The summed E-state index contributed by atoms with van der Waals surface area (Å²) >= 11 is 0. The first-order valence-electron chi connectivity index (χ1n) is 7.63. The molecule has 0 aliphatic carbocycles. The van der Waals surface area contributed by atoms with Gasteiger partial charge in [0.15, 0.2) is 0 Å². The van der Waals surface area contributed by atoms with E-state index >= 15 is 0 Å². The van der Waals surface area contributed by atoms with Crippen molar-refractivity contribution in [2.75, 3.05) is 23.9 Å². The van der Waals surface area contributed by atoms with Gasteiger partial charge in [-0.2, -0.15) is 0 Å². The number of imide groups is 1. The third kappa shape index (κ3) is 1.98. The van der Waals surface area contributed by atoms with E-state index < -0.39 is 0 Å². The van der Waals surface area contributed by atoms with Crippen LogP contribution in [-0.4, -0.2) is 30.9 Å². The van der Waals surface area contributed by atoms with E-state index in [0.717, 1.165) is 15.7 Å². The van der Waals surface area contributed by atoms with Crippen molar-refractivity contribution in [3.63, 3.8) is 0 Å². The van der Waals surface area contributed by atoms with Gasteiger partial charge in [-0.05, 0) is 29.7 Å². The van der Waals surface area contributed by atoms with Gasteiger partial charge in [0.1, 0.15) is 11.6 Å². The van der Waals surface area contributed by atoms with E-state index in [0.29, 0.717) is 22.8 Å². The molecule has 0 saturated heterocycles. The van der Waals surface area contributed by atoms with Crippen LogP contribution in [0, 0.1) is 0 Å². The Balaban J connectivity index is 1.93. The standard InChI is InChI=1S/C19H15N3O2/c1-21(2)15-10-5-11-16(20-15)22-18(23)13-8-3-6-12-7-4-9-14(17(12)13)19(22)24/h3-11H,1-2H3. The van der Waals surface area contributed by atoms with Gasteiger partial charge >= 0.3 is 0 Å². The molecule has 0 atom stereocenters. The van der Waals surface area contributed by atoms with Crippen molar-refractivity contribution in [2.24, 2.45) is 0 Å². The maximum Gasteiger partial charge on any atom is 0.267 e. The van der Waals surface area contributed by atoms with E-state index in [2.05, 4.69) is 4.98 Å². The zero-order chi connectivity index (χ0) is 16.8. The second-order valence-corrected chi connectivity index (χ2v) is 5.90. The summed E-state index contributed by atoms with van der Waals surface area (Å²) in [6.45, 7) is 0. The van der Waals surface area contributed by atoms with Crippen LogP contribution in [0.4, 0.5) is 11.6 Å². The zero-order valence-corrected chi connectivity index (χ0v) is 13.4. The minimum atomic E-state index is -0.340. The number of rotatable bonds is 2. The Kier molecular flexibility index (Phi) is 3.09. The summed E-state index contributed by atoms with van der Waals surface area (Å²) in [5.74, 6) is 0.341. The number of anilines is 2. The number of pyridine rings is 1. The largest absolute Gasteiger partial charge is 0.363 e. The third-order valence-electron chi connectivity index (χ3n) is 4.18. The molecular formula is C19H15N3O2. The van der Waals surface area contributed by atoms with Crippen LogP contribution in [0.15, 0.2) is 54.6 Å².